The molecule has 6 heteroatoms. The molecular weight excluding hydrogens is 264 g/mol. The summed E-state index contributed by atoms with van der Waals surface area (Å²) in [6.07, 6.45) is 2.86. The lowest BCUT2D eigenvalue weighted by molar-refractivity contribution is 0.0697. The van der Waals surface area contributed by atoms with E-state index in [9.17, 15) is 9.59 Å². The van der Waals surface area contributed by atoms with Gasteiger partial charge >= 0.3 is 11.7 Å². The van der Waals surface area contributed by atoms with Gasteiger partial charge in [-0.1, -0.05) is 6.92 Å². The van der Waals surface area contributed by atoms with E-state index in [0.29, 0.717) is 5.52 Å². The van der Waals surface area contributed by atoms with Gasteiger partial charge in [-0.3, -0.25) is 4.57 Å². The number of aromatic amines is 1. The number of hydrogen-bond acceptors (Lipinski definition) is 3. The minimum atomic E-state index is -0.994. The minimum Gasteiger partial charge on any atom is -0.478 e. The normalized spacial score (nSPS) is 12.7. The smallest absolute Gasteiger partial charge is 0.335 e. The monoisotopic (exact) mass is 280 g/mol. The SMILES string of the molecule is CCC(CSC)n1c(=O)[nH]c2cc(C(=O)O)ccc21. The fourth-order valence-corrected chi connectivity index (χ4v) is 2.96. The first-order chi connectivity index (χ1) is 9.08. The van der Waals surface area contributed by atoms with Crippen molar-refractivity contribution >= 4 is 28.8 Å². The summed E-state index contributed by atoms with van der Waals surface area (Å²) in [5, 5.41) is 8.96. The highest BCUT2D eigenvalue weighted by molar-refractivity contribution is 7.98. The van der Waals surface area contributed by atoms with Crippen molar-refractivity contribution in [1.29, 1.82) is 0 Å². The second kappa shape index (κ2) is 5.52. The second-order valence-corrected chi connectivity index (χ2v) is 5.27. The molecule has 0 aliphatic rings. The number of imidazole rings is 1. The molecule has 1 aromatic heterocycles. The fourth-order valence-electron chi connectivity index (χ4n) is 2.19. The Hall–Kier alpha value is -1.69. The van der Waals surface area contributed by atoms with Crippen LogP contribution in [0.3, 0.4) is 0 Å². The van der Waals surface area contributed by atoms with Crippen LogP contribution >= 0.6 is 11.8 Å². The van der Waals surface area contributed by atoms with E-state index in [1.807, 2.05) is 13.2 Å². The summed E-state index contributed by atoms with van der Waals surface area (Å²) in [5.74, 6) is -0.143. The summed E-state index contributed by atoms with van der Waals surface area (Å²) in [6.45, 7) is 2.04. The quantitative estimate of drug-likeness (QED) is 0.881. The molecule has 19 heavy (non-hydrogen) atoms. The number of aromatic nitrogens is 2. The third kappa shape index (κ3) is 2.53. The molecule has 0 aliphatic heterocycles. The maximum atomic E-state index is 12.0. The minimum absolute atomic E-state index is 0.118. The van der Waals surface area contributed by atoms with Crippen molar-refractivity contribution in [2.75, 3.05) is 12.0 Å². The van der Waals surface area contributed by atoms with E-state index >= 15 is 0 Å². The van der Waals surface area contributed by atoms with Crippen LogP contribution < -0.4 is 5.69 Å². The van der Waals surface area contributed by atoms with Gasteiger partial charge in [-0.25, -0.2) is 9.59 Å². The molecule has 0 bridgehead atoms. The average Bonchev–Trinajstić information content (AvgIpc) is 2.71. The van der Waals surface area contributed by atoms with Crippen LogP contribution in [-0.2, 0) is 0 Å². The zero-order valence-corrected chi connectivity index (χ0v) is 11.7. The van der Waals surface area contributed by atoms with Crippen molar-refractivity contribution < 1.29 is 9.90 Å². The highest BCUT2D eigenvalue weighted by Gasteiger charge is 2.16. The van der Waals surface area contributed by atoms with E-state index in [-0.39, 0.29) is 17.3 Å². The summed E-state index contributed by atoms with van der Waals surface area (Å²) >= 11 is 1.69. The average molecular weight is 280 g/mol. The van der Waals surface area contributed by atoms with Gasteiger partial charge in [0.15, 0.2) is 0 Å². The summed E-state index contributed by atoms with van der Waals surface area (Å²) in [7, 11) is 0. The van der Waals surface area contributed by atoms with Crippen molar-refractivity contribution in [3.05, 3.63) is 34.2 Å². The lowest BCUT2D eigenvalue weighted by Crippen LogP contribution is -2.23. The van der Waals surface area contributed by atoms with E-state index in [4.69, 9.17) is 5.11 Å². The van der Waals surface area contributed by atoms with E-state index in [2.05, 4.69) is 4.98 Å². The predicted octanol–water partition coefficient (Wildman–Crippen LogP) is 2.34. The van der Waals surface area contributed by atoms with Crippen molar-refractivity contribution in [2.45, 2.75) is 19.4 Å². The summed E-state index contributed by atoms with van der Waals surface area (Å²) in [4.78, 5) is 25.7. The van der Waals surface area contributed by atoms with Gasteiger partial charge in [0.2, 0.25) is 0 Å². The molecule has 0 spiro atoms. The summed E-state index contributed by atoms with van der Waals surface area (Å²) < 4.78 is 1.72. The molecule has 2 aromatic rings. The number of fused-ring (bicyclic) bond motifs is 1. The highest BCUT2D eigenvalue weighted by atomic mass is 32.2. The number of rotatable bonds is 5. The Bertz CT molecular complexity index is 659. The lowest BCUT2D eigenvalue weighted by Gasteiger charge is -2.15. The number of carboxylic acids is 1. The Labute approximate surface area is 114 Å². The van der Waals surface area contributed by atoms with Gasteiger partial charge in [0, 0.05) is 11.8 Å². The zero-order valence-electron chi connectivity index (χ0n) is 10.8. The fraction of sp³-hybridized carbons (Fsp3) is 0.385. The van der Waals surface area contributed by atoms with Gasteiger partial charge in [0.1, 0.15) is 0 Å². The number of nitrogens with one attached hydrogen (secondary N) is 1. The number of hydrogen-bond donors (Lipinski definition) is 2. The molecule has 102 valence electrons. The van der Waals surface area contributed by atoms with Crippen LogP contribution in [-0.4, -0.2) is 32.6 Å². The van der Waals surface area contributed by atoms with Crippen molar-refractivity contribution in [3.8, 4) is 0 Å². The van der Waals surface area contributed by atoms with Crippen LogP contribution in [0, 0.1) is 0 Å². The number of thioether (sulfide) groups is 1. The Kier molecular flexibility index (Phi) is 3.99. The molecule has 2 N–H and O–H groups in total. The van der Waals surface area contributed by atoms with Crippen LogP contribution in [0.2, 0.25) is 0 Å². The van der Waals surface area contributed by atoms with Gasteiger partial charge in [0.05, 0.1) is 16.6 Å². The van der Waals surface area contributed by atoms with Crippen LogP contribution in [0.1, 0.15) is 29.7 Å². The van der Waals surface area contributed by atoms with Crippen LogP contribution in [0.4, 0.5) is 0 Å². The molecular formula is C13H16N2O3S. The third-order valence-corrected chi connectivity index (χ3v) is 3.88. The van der Waals surface area contributed by atoms with Crippen molar-refractivity contribution in [1.82, 2.24) is 9.55 Å². The van der Waals surface area contributed by atoms with E-state index in [1.54, 1.807) is 22.4 Å². The molecule has 1 aromatic carbocycles. The first-order valence-electron chi connectivity index (χ1n) is 6.05. The van der Waals surface area contributed by atoms with Gasteiger partial charge in [0.25, 0.3) is 0 Å². The van der Waals surface area contributed by atoms with Gasteiger partial charge < -0.3 is 10.1 Å². The topological polar surface area (TPSA) is 75.1 Å². The molecule has 2 rings (SSSR count). The molecule has 1 heterocycles. The molecule has 0 saturated heterocycles. The number of carboxylic acid groups (broad SMARTS) is 1. The Morgan fingerprint density at radius 2 is 2.26 bits per heavy atom. The lowest BCUT2D eigenvalue weighted by atomic mass is 10.2. The molecule has 0 amide bonds. The predicted molar refractivity (Wildman–Crippen MR) is 77.2 cm³/mol. The number of aromatic carboxylic acids is 1. The summed E-state index contributed by atoms with van der Waals surface area (Å²) in [6, 6.07) is 4.84. The van der Waals surface area contributed by atoms with Gasteiger partial charge in [-0.15, -0.1) is 0 Å². The van der Waals surface area contributed by atoms with Crippen molar-refractivity contribution in [3.63, 3.8) is 0 Å². The first-order valence-corrected chi connectivity index (χ1v) is 7.44. The molecule has 0 saturated carbocycles. The van der Waals surface area contributed by atoms with E-state index < -0.39 is 5.97 Å². The van der Waals surface area contributed by atoms with Crippen LogP contribution in [0.25, 0.3) is 11.0 Å². The summed E-state index contributed by atoms with van der Waals surface area (Å²) in [5.41, 5.74) is 1.33. The Balaban J connectivity index is 2.59. The Morgan fingerprint density at radius 3 is 2.84 bits per heavy atom. The molecule has 0 radical (unpaired) electrons. The zero-order chi connectivity index (χ0) is 14.0. The molecule has 1 atom stereocenters. The van der Waals surface area contributed by atoms with Gasteiger partial charge in [-0.05, 0) is 30.9 Å². The van der Waals surface area contributed by atoms with E-state index in [0.717, 1.165) is 17.7 Å². The standard InChI is InChI=1S/C13H16N2O3S/c1-3-9(7-19-2)15-11-5-4-8(12(16)17)6-10(11)14-13(15)18/h4-6,9H,3,7H2,1-2H3,(H,14,18)(H,16,17). The van der Waals surface area contributed by atoms with Crippen molar-refractivity contribution in [2.24, 2.45) is 0 Å². The molecule has 1 unspecified atom stereocenters. The highest BCUT2D eigenvalue weighted by Crippen LogP contribution is 2.21. The molecule has 5 nitrogen and oxygen atoms in total. The third-order valence-electron chi connectivity index (χ3n) is 3.16. The molecule has 0 aliphatic carbocycles. The second-order valence-electron chi connectivity index (χ2n) is 4.35. The van der Waals surface area contributed by atoms with Gasteiger partial charge in [-0.2, -0.15) is 11.8 Å². The maximum Gasteiger partial charge on any atom is 0.335 e. The maximum absolute atomic E-state index is 12.0. The number of benzene rings is 1. The first kappa shape index (κ1) is 13.7. The number of carbonyl (C=O) groups is 1. The number of nitrogens with zero attached hydrogens (tertiary/aromatic N) is 1. The largest absolute Gasteiger partial charge is 0.478 e. The van der Waals surface area contributed by atoms with E-state index in [1.165, 1.54) is 12.1 Å². The van der Waals surface area contributed by atoms with Crippen LogP contribution in [0.5, 0.6) is 0 Å². The number of H-pyrrole nitrogens is 1. The molecule has 0 fully saturated rings. The van der Waals surface area contributed by atoms with Crippen LogP contribution in [0.15, 0.2) is 23.0 Å². The Morgan fingerprint density at radius 1 is 1.53 bits per heavy atom.